The third kappa shape index (κ3) is 14.6. The lowest BCUT2D eigenvalue weighted by Gasteiger charge is -2.29. The van der Waals surface area contributed by atoms with E-state index in [9.17, 15) is 38.7 Å². The molecular weight excluding hydrogens is 787 g/mol. The van der Waals surface area contributed by atoms with Gasteiger partial charge in [0.15, 0.2) is 5.96 Å². The molecule has 1 aromatic rings. The molecule has 0 unspecified atom stereocenters. The molecule has 0 aliphatic carbocycles. The Morgan fingerprint density at radius 1 is 0.869 bits per heavy atom. The number of aliphatic imine (C=N–C) groups is 1. The zero-order valence-electron chi connectivity index (χ0n) is 34.4. The smallest absolute Gasteiger partial charge is 0.243 e. The van der Waals surface area contributed by atoms with E-state index in [1.807, 2.05) is 12.2 Å². The van der Waals surface area contributed by atoms with Crippen molar-refractivity contribution in [3.63, 3.8) is 0 Å². The van der Waals surface area contributed by atoms with Crippen molar-refractivity contribution in [2.45, 2.75) is 94.6 Å². The maximum absolute atomic E-state index is 14.4. The fraction of sp³-hybridized carbons (Fsp3) is 0.476. The number of amides is 7. The highest BCUT2D eigenvalue weighted by atomic mass is 16.3. The molecule has 4 rings (SSSR count). The van der Waals surface area contributed by atoms with Crippen LogP contribution in [-0.2, 0) is 40.0 Å². The second-order valence-electron chi connectivity index (χ2n) is 15.3. The van der Waals surface area contributed by atoms with Crippen molar-refractivity contribution in [1.82, 2.24) is 36.8 Å². The molecule has 0 spiro atoms. The number of primary amides is 1. The molecule has 61 heavy (non-hydrogen) atoms. The molecule has 1 aromatic carbocycles. The van der Waals surface area contributed by atoms with Crippen LogP contribution < -0.4 is 49.1 Å². The highest BCUT2D eigenvalue weighted by Gasteiger charge is 2.43. The number of nitrogens with zero attached hydrogens (tertiary/aromatic N) is 2. The number of carbonyl (C=O) groups is 7. The summed E-state index contributed by atoms with van der Waals surface area (Å²) in [7, 11) is 0. The predicted molar refractivity (Wildman–Crippen MR) is 227 cm³/mol. The van der Waals surface area contributed by atoms with Crippen LogP contribution in [-0.4, -0.2) is 120 Å². The second kappa shape index (κ2) is 23.3. The minimum Gasteiger partial charge on any atom is -0.391 e. The average molecular weight is 846 g/mol. The molecule has 330 valence electrons. The van der Waals surface area contributed by atoms with Crippen molar-refractivity contribution in [3.8, 4) is 0 Å². The number of nitrogens with two attached hydrogens (primary N) is 3. The summed E-state index contributed by atoms with van der Waals surface area (Å²) in [5.74, 6) is -6.55. The number of rotatable bonds is 9. The van der Waals surface area contributed by atoms with Crippen LogP contribution in [0, 0.1) is 5.92 Å². The molecule has 0 aromatic heterocycles. The van der Waals surface area contributed by atoms with Gasteiger partial charge in [-0.1, -0.05) is 61.2 Å². The Morgan fingerprint density at radius 2 is 1.54 bits per heavy atom. The first-order valence-electron chi connectivity index (χ1n) is 20.5. The summed E-state index contributed by atoms with van der Waals surface area (Å²) < 4.78 is 0. The average Bonchev–Trinajstić information content (AvgIpc) is 3.66. The van der Waals surface area contributed by atoms with Gasteiger partial charge in [0.25, 0.3) is 0 Å². The van der Waals surface area contributed by atoms with Gasteiger partial charge in [0.1, 0.15) is 36.1 Å². The molecule has 13 N–H and O–H groups in total. The van der Waals surface area contributed by atoms with Crippen LogP contribution in [0.3, 0.4) is 0 Å². The van der Waals surface area contributed by atoms with Gasteiger partial charge in [-0.05, 0) is 55.7 Å². The Morgan fingerprint density at radius 3 is 2.26 bits per heavy atom. The molecule has 0 saturated carbocycles. The molecule has 2 saturated heterocycles. The number of nitrogens with one attached hydrogen (secondary N) is 6. The number of hydrogen-bond donors (Lipinski definition) is 10. The number of guanidine groups is 1. The van der Waals surface area contributed by atoms with Crippen LogP contribution in [0.25, 0.3) is 0 Å². The zero-order chi connectivity index (χ0) is 44.5. The topological polar surface area (TPSA) is 306 Å². The number of carbonyl (C=O) groups excluding carboxylic acids is 7. The lowest BCUT2D eigenvalue weighted by atomic mass is 9.98. The number of hydrogen-bond acceptors (Lipinski definition) is 10. The first-order chi connectivity index (χ1) is 29.1. The number of aliphatic hydroxyl groups excluding tert-OH is 1. The van der Waals surface area contributed by atoms with E-state index < -0.39 is 83.6 Å². The number of aliphatic hydroxyl groups is 1. The van der Waals surface area contributed by atoms with E-state index in [4.69, 9.17) is 17.2 Å². The van der Waals surface area contributed by atoms with Gasteiger partial charge in [-0.3, -0.25) is 38.6 Å². The maximum atomic E-state index is 14.4. The van der Waals surface area contributed by atoms with Crippen LogP contribution in [0.15, 0.2) is 83.6 Å². The van der Waals surface area contributed by atoms with Crippen molar-refractivity contribution in [2.75, 3.05) is 26.2 Å². The summed E-state index contributed by atoms with van der Waals surface area (Å²) in [5, 5.41) is 27.4. The fourth-order valence-electron chi connectivity index (χ4n) is 7.09. The second-order valence-corrected chi connectivity index (χ2v) is 15.3. The molecule has 19 nitrogen and oxygen atoms in total. The summed E-state index contributed by atoms with van der Waals surface area (Å²) in [4.78, 5) is 101. The van der Waals surface area contributed by atoms with Crippen LogP contribution >= 0.6 is 0 Å². The summed E-state index contributed by atoms with van der Waals surface area (Å²) in [6, 6.07) is 2.50. The van der Waals surface area contributed by atoms with E-state index in [2.05, 4.69) is 43.5 Å². The van der Waals surface area contributed by atoms with Gasteiger partial charge in [0, 0.05) is 51.6 Å². The van der Waals surface area contributed by atoms with Gasteiger partial charge in [0.2, 0.25) is 41.4 Å². The maximum Gasteiger partial charge on any atom is 0.243 e. The lowest BCUT2D eigenvalue weighted by molar-refractivity contribution is -0.146. The van der Waals surface area contributed by atoms with E-state index in [1.54, 1.807) is 48.7 Å². The van der Waals surface area contributed by atoms with E-state index in [-0.39, 0.29) is 64.1 Å². The number of benzene rings is 1. The third-order valence-electron chi connectivity index (χ3n) is 10.5. The third-order valence-corrected chi connectivity index (χ3v) is 10.5. The quantitative estimate of drug-likeness (QED) is 0.0570. The normalized spacial score (nSPS) is 27.5. The Hall–Kier alpha value is -6.50. The van der Waals surface area contributed by atoms with E-state index >= 15 is 0 Å². The molecule has 3 heterocycles. The van der Waals surface area contributed by atoms with Crippen LogP contribution in [0.5, 0.6) is 0 Å². The van der Waals surface area contributed by atoms with Crippen LogP contribution in [0.2, 0.25) is 0 Å². The Bertz CT molecular complexity index is 1900. The molecule has 7 amide bonds. The predicted octanol–water partition coefficient (Wildman–Crippen LogP) is -1.85. The van der Waals surface area contributed by atoms with Crippen molar-refractivity contribution >= 4 is 47.3 Å². The summed E-state index contributed by atoms with van der Waals surface area (Å²) in [5.41, 5.74) is 18.5. The lowest BCUT2D eigenvalue weighted by Crippen LogP contribution is -2.59. The van der Waals surface area contributed by atoms with Gasteiger partial charge in [0.05, 0.1) is 6.10 Å². The Labute approximate surface area is 355 Å². The molecule has 0 radical (unpaired) electrons. The standard InChI is InChI=1S/C42H59N11O8/c1-25-12-5-4-9-17-46-23-28(25)21-33-39(59)49-30(35(43)55)15-8-10-18-47-36(56)26(2)41(61)53-24-29(54)22-34(53)40(60)52-32(20-27-13-6-3-7-14-27)38(58)50-31(37(57)51-33)16-11-19-48-42(44)45/h3-7,9,12-14,23,26,29-34,46,54H,1,8,10-11,15-22,24H2,2H3,(H2,43,55)(H,47,56)(H,49,59)(H,50,58)(H,51,57)(H,52,60)(H4,44,45,48)/b9-4-,12-5-,28-23?/t26-,29+,30-,31-,32+,33-,34-/m0/s1. The Kier molecular flexibility index (Phi) is 18.0. The molecule has 3 aliphatic heterocycles. The highest BCUT2D eigenvalue weighted by Crippen LogP contribution is 2.22. The van der Waals surface area contributed by atoms with Gasteiger partial charge in [-0.2, -0.15) is 0 Å². The SMILES string of the molecule is C=C1/C=C\C=C/CNC=C1C[C@@H]1NC(=O)[C@H](CCCN=C(N)N)NC(=O)[C@@H](Cc2ccccc2)NC(=O)[C@@H]2C[C@@H](O)CN2C(=O)[C@@H](C)C(=O)NCCCC[C@@H](C(N)=O)NC1=O. The van der Waals surface area contributed by atoms with Crippen molar-refractivity contribution in [3.05, 3.63) is 84.1 Å². The van der Waals surface area contributed by atoms with Gasteiger partial charge in [-0.25, -0.2) is 0 Å². The highest BCUT2D eigenvalue weighted by molar-refractivity contribution is 6.02. The van der Waals surface area contributed by atoms with E-state index in [1.165, 1.54) is 6.92 Å². The minimum absolute atomic E-state index is 0.0129. The van der Waals surface area contributed by atoms with E-state index in [0.717, 1.165) is 4.90 Å². The monoisotopic (exact) mass is 845 g/mol. The van der Waals surface area contributed by atoms with Crippen molar-refractivity contribution < 1.29 is 38.7 Å². The first kappa shape index (κ1) is 47.2. The first-order valence-corrected chi connectivity index (χ1v) is 20.5. The number of fused-ring (bicyclic) bond motifs is 1. The van der Waals surface area contributed by atoms with Gasteiger partial charge < -0.3 is 59.1 Å². The van der Waals surface area contributed by atoms with Crippen LogP contribution in [0.4, 0.5) is 0 Å². The number of allylic oxidation sites excluding steroid dienone is 4. The molecule has 2 fully saturated rings. The summed E-state index contributed by atoms with van der Waals surface area (Å²) >= 11 is 0. The molecule has 7 atom stereocenters. The fourth-order valence-corrected chi connectivity index (χ4v) is 7.09. The van der Waals surface area contributed by atoms with Crippen LogP contribution in [0.1, 0.15) is 57.4 Å². The molecular formula is C42H59N11O8. The van der Waals surface area contributed by atoms with Gasteiger partial charge in [-0.15, -0.1) is 0 Å². The van der Waals surface area contributed by atoms with E-state index in [0.29, 0.717) is 36.1 Å². The summed E-state index contributed by atoms with van der Waals surface area (Å²) in [6.07, 6.45) is 8.52. The molecule has 19 heteroatoms. The molecule has 3 aliphatic rings. The Balaban J connectivity index is 1.74. The zero-order valence-corrected chi connectivity index (χ0v) is 34.4. The van der Waals surface area contributed by atoms with Crippen molar-refractivity contribution in [2.24, 2.45) is 28.1 Å². The van der Waals surface area contributed by atoms with Crippen molar-refractivity contribution in [1.29, 1.82) is 0 Å². The molecule has 0 bridgehead atoms. The minimum atomic E-state index is -1.31. The summed E-state index contributed by atoms with van der Waals surface area (Å²) in [6.45, 7) is 5.98. The largest absolute Gasteiger partial charge is 0.391 e. The van der Waals surface area contributed by atoms with Gasteiger partial charge >= 0.3 is 0 Å².